The number of hydrogen-bond acceptors (Lipinski definition) is 7. The Hall–Kier alpha value is -3.74. The van der Waals surface area contributed by atoms with Gasteiger partial charge in [0.2, 0.25) is 5.95 Å². The summed E-state index contributed by atoms with van der Waals surface area (Å²) in [4.78, 5) is 10.7. The number of nitrogens with zero attached hydrogens (tertiary/aromatic N) is 3. The van der Waals surface area contributed by atoms with Crippen LogP contribution >= 0.6 is 0 Å². The fourth-order valence-corrected chi connectivity index (χ4v) is 3.34. The van der Waals surface area contributed by atoms with Crippen LogP contribution in [-0.2, 0) is 6.18 Å². The summed E-state index contributed by atoms with van der Waals surface area (Å²) in [6.45, 7) is 1.26. The summed E-state index contributed by atoms with van der Waals surface area (Å²) in [5, 5.41) is 5.86. The van der Waals surface area contributed by atoms with Crippen LogP contribution in [0.25, 0.3) is 11.3 Å². The summed E-state index contributed by atoms with van der Waals surface area (Å²) in [6.07, 6.45) is -8.79. The van der Waals surface area contributed by atoms with Gasteiger partial charge < -0.3 is 25.0 Å². The molecule has 0 aliphatic heterocycles. The van der Waals surface area contributed by atoms with E-state index >= 15 is 0 Å². The van der Waals surface area contributed by atoms with E-state index in [2.05, 4.69) is 25.3 Å². The van der Waals surface area contributed by atoms with Crippen molar-refractivity contribution in [2.24, 2.45) is 0 Å². The quantitative estimate of drug-likeness (QED) is 0.240. The lowest BCUT2D eigenvalue weighted by molar-refractivity contribution is -0.274. The van der Waals surface area contributed by atoms with Crippen LogP contribution in [0.15, 0.2) is 48.5 Å². The van der Waals surface area contributed by atoms with Gasteiger partial charge in [0.1, 0.15) is 17.3 Å². The van der Waals surface area contributed by atoms with Crippen LogP contribution in [0.4, 0.5) is 43.8 Å². The van der Waals surface area contributed by atoms with Gasteiger partial charge in [-0.1, -0.05) is 12.1 Å². The Balaban J connectivity index is 1.96. The van der Waals surface area contributed by atoms with E-state index in [-0.39, 0.29) is 34.5 Å². The minimum atomic E-state index is -4.87. The molecular formula is C24H25F6N5O2. The van der Waals surface area contributed by atoms with Crippen molar-refractivity contribution >= 4 is 17.5 Å². The molecule has 7 nitrogen and oxygen atoms in total. The molecule has 0 fully saturated rings. The maximum atomic E-state index is 13.4. The zero-order valence-electron chi connectivity index (χ0n) is 20.2. The number of rotatable bonds is 10. The lowest BCUT2D eigenvalue weighted by atomic mass is 10.1. The predicted octanol–water partition coefficient (Wildman–Crippen LogP) is 6.18. The van der Waals surface area contributed by atoms with Crippen LogP contribution in [0, 0.1) is 0 Å². The third kappa shape index (κ3) is 8.41. The molecule has 1 aromatic heterocycles. The Kier molecular flexibility index (Phi) is 8.69. The molecule has 13 heteroatoms. The molecule has 2 N–H and O–H groups in total. The topological polar surface area (TPSA) is 71.5 Å². The van der Waals surface area contributed by atoms with Crippen molar-refractivity contribution in [2.75, 3.05) is 44.9 Å². The molecular weight excluding hydrogens is 504 g/mol. The number of ether oxygens (including phenoxy) is 2. The van der Waals surface area contributed by atoms with Crippen molar-refractivity contribution in [1.82, 2.24) is 14.9 Å². The second kappa shape index (κ2) is 11.5. The van der Waals surface area contributed by atoms with Crippen LogP contribution in [0.2, 0.25) is 0 Å². The Morgan fingerprint density at radius 3 is 2.35 bits per heavy atom. The third-order valence-electron chi connectivity index (χ3n) is 4.93. The van der Waals surface area contributed by atoms with E-state index in [1.165, 1.54) is 30.3 Å². The normalized spacial score (nSPS) is 11.9. The highest BCUT2D eigenvalue weighted by Gasteiger charge is 2.34. The first kappa shape index (κ1) is 27.8. The van der Waals surface area contributed by atoms with E-state index < -0.39 is 23.9 Å². The highest BCUT2D eigenvalue weighted by atomic mass is 19.4. The fraction of sp³-hybridized carbons (Fsp3) is 0.333. The van der Waals surface area contributed by atoms with Gasteiger partial charge in [-0.3, -0.25) is 0 Å². The van der Waals surface area contributed by atoms with E-state index in [9.17, 15) is 26.3 Å². The smallest absolute Gasteiger partial charge is 0.496 e. The Morgan fingerprint density at radius 1 is 0.946 bits per heavy atom. The van der Waals surface area contributed by atoms with Crippen molar-refractivity contribution < 1.29 is 35.8 Å². The standard InChI is InChI=1S/C24H25F6N5O2/c1-35(2)11-5-10-31-22-33-19(15-6-4-7-17(12-15)37-24(28,29)30)14-21(34-22)32-16-8-9-20(36-3)18(13-16)23(25,26)27/h4,6-9,12-14H,5,10-11H2,1-3H3,(H2,31,32,33,34). The van der Waals surface area contributed by atoms with Gasteiger partial charge >= 0.3 is 12.5 Å². The van der Waals surface area contributed by atoms with Crippen LogP contribution in [0.3, 0.4) is 0 Å². The first-order valence-corrected chi connectivity index (χ1v) is 11.0. The molecule has 200 valence electrons. The summed E-state index contributed by atoms with van der Waals surface area (Å²) in [5.74, 6) is -0.513. The Morgan fingerprint density at radius 2 is 1.70 bits per heavy atom. The van der Waals surface area contributed by atoms with Crippen molar-refractivity contribution in [3.8, 4) is 22.8 Å². The van der Waals surface area contributed by atoms with E-state index in [0.717, 1.165) is 38.3 Å². The maximum Gasteiger partial charge on any atom is 0.573 e. The molecule has 0 saturated carbocycles. The number of halogens is 6. The molecule has 0 unspecified atom stereocenters. The highest BCUT2D eigenvalue weighted by Crippen LogP contribution is 2.38. The first-order chi connectivity index (χ1) is 17.3. The number of alkyl halides is 6. The first-order valence-electron chi connectivity index (χ1n) is 11.0. The van der Waals surface area contributed by atoms with Gasteiger partial charge in [0.05, 0.1) is 18.4 Å². The molecule has 1 heterocycles. The maximum absolute atomic E-state index is 13.4. The Bertz CT molecular complexity index is 1200. The van der Waals surface area contributed by atoms with Crippen LogP contribution in [0.5, 0.6) is 11.5 Å². The summed E-state index contributed by atoms with van der Waals surface area (Å²) in [6, 6.07) is 10.1. The molecule has 0 aliphatic rings. The number of hydrogen-bond donors (Lipinski definition) is 2. The van der Waals surface area contributed by atoms with Crippen molar-refractivity contribution in [3.05, 3.63) is 54.1 Å². The number of aromatic nitrogens is 2. The van der Waals surface area contributed by atoms with Gasteiger partial charge in [-0.15, -0.1) is 13.2 Å². The van der Waals surface area contributed by atoms with Gasteiger partial charge in [0, 0.05) is 23.9 Å². The van der Waals surface area contributed by atoms with Crippen molar-refractivity contribution in [2.45, 2.75) is 19.0 Å². The zero-order valence-corrected chi connectivity index (χ0v) is 20.2. The predicted molar refractivity (Wildman–Crippen MR) is 127 cm³/mol. The summed E-state index contributed by atoms with van der Waals surface area (Å²) < 4.78 is 87.2. The summed E-state index contributed by atoms with van der Waals surface area (Å²) in [5.41, 5.74) is -0.391. The van der Waals surface area contributed by atoms with Gasteiger partial charge in [-0.25, -0.2) is 4.98 Å². The number of anilines is 3. The summed E-state index contributed by atoms with van der Waals surface area (Å²) in [7, 11) is 4.97. The minimum Gasteiger partial charge on any atom is -0.496 e. The second-order valence-corrected chi connectivity index (χ2v) is 8.16. The number of nitrogens with one attached hydrogen (secondary N) is 2. The lowest BCUT2D eigenvalue weighted by Crippen LogP contribution is -2.17. The van der Waals surface area contributed by atoms with Crippen LogP contribution < -0.4 is 20.1 Å². The SMILES string of the molecule is COc1ccc(Nc2cc(-c3cccc(OC(F)(F)F)c3)nc(NCCCN(C)C)n2)cc1C(F)(F)F. The van der Waals surface area contributed by atoms with Crippen LogP contribution in [-0.4, -0.2) is 55.5 Å². The molecule has 3 rings (SSSR count). The van der Waals surface area contributed by atoms with Crippen molar-refractivity contribution in [1.29, 1.82) is 0 Å². The molecule has 0 spiro atoms. The van der Waals surface area contributed by atoms with E-state index in [0.29, 0.717) is 6.54 Å². The highest BCUT2D eigenvalue weighted by molar-refractivity contribution is 5.69. The fourth-order valence-electron chi connectivity index (χ4n) is 3.34. The molecule has 0 bridgehead atoms. The number of methoxy groups -OCH3 is 1. The minimum absolute atomic E-state index is 0.0745. The van der Waals surface area contributed by atoms with Gasteiger partial charge in [0.25, 0.3) is 0 Å². The van der Waals surface area contributed by atoms with Crippen molar-refractivity contribution in [3.63, 3.8) is 0 Å². The second-order valence-electron chi connectivity index (χ2n) is 8.16. The Labute approximate surface area is 209 Å². The van der Waals surface area contributed by atoms with E-state index in [1.54, 1.807) is 0 Å². The lowest BCUT2D eigenvalue weighted by Gasteiger charge is -2.16. The monoisotopic (exact) mass is 529 g/mol. The largest absolute Gasteiger partial charge is 0.573 e. The summed E-state index contributed by atoms with van der Waals surface area (Å²) >= 11 is 0. The molecule has 2 aromatic carbocycles. The molecule has 3 aromatic rings. The molecule has 0 saturated heterocycles. The molecule has 0 radical (unpaired) electrons. The zero-order chi connectivity index (χ0) is 27.2. The van der Waals surface area contributed by atoms with Crippen LogP contribution in [0.1, 0.15) is 12.0 Å². The van der Waals surface area contributed by atoms with Gasteiger partial charge in [-0.2, -0.15) is 18.2 Å². The van der Waals surface area contributed by atoms with E-state index in [1.807, 2.05) is 19.0 Å². The average Bonchev–Trinajstić information content (AvgIpc) is 2.80. The molecule has 0 atom stereocenters. The number of benzene rings is 2. The van der Waals surface area contributed by atoms with Gasteiger partial charge in [-0.05, 0) is 57.4 Å². The average molecular weight is 529 g/mol. The molecule has 0 amide bonds. The van der Waals surface area contributed by atoms with Gasteiger partial charge in [0.15, 0.2) is 0 Å². The molecule has 37 heavy (non-hydrogen) atoms. The third-order valence-corrected chi connectivity index (χ3v) is 4.93. The molecule has 0 aliphatic carbocycles. The van der Waals surface area contributed by atoms with E-state index in [4.69, 9.17) is 4.74 Å².